The fraction of sp³-hybridized carbons (Fsp3) is 0.650. The molecule has 0 aromatic heterocycles. The second-order valence-corrected chi connectivity index (χ2v) is 6.94. The number of aliphatic hydroxyl groups excluding tert-OH is 2. The van der Waals surface area contributed by atoms with Gasteiger partial charge in [-0.15, -0.1) is 0 Å². The minimum atomic E-state index is -0.445. The van der Waals surface area contributed by atoms with Gasteiger partial charge in [0.2, 0.25) is 0 Å². The van der Waals surface area contributed by atoms with Gasteiger partial charge in [0.25, 0.3) is 0 Å². The molecule has 0 aliphatic carbocycles. The lowest BCUT2D eigenvalue weighted by Crippen LogP contribution is -2.20. The number of carbonyl (C=O) groups excluding carboxylic acids is 1. The minimum absolute atomic E-state index is 0.0129. The highest BCUT2D eigenvalue weighted by Gasteiger charge is 2.54. The maximum atomic E-state index is 12.0. The van der Waals surface area contributed by atoms with Gasteiger partial charge in [0.1, 0.15) is 5.60 Å². The summed E-state index contributed by atoms with van der Waals surface area (Å²) in [5, 5.41) is 18.5. The maximum Gasteiger partial charge on any atom is 0.162 e. The van der Waals surface area contributed by atoms with Crippen molar-refractivity contribution in [1.29, 1.82) is 0 Å². The number of rotatable bonds is 11. The summed E-state index contributed by atoms with van der Waals surface area (Å²) < 4.78 is 5.74. The molecule has 0 spiro atoms. The van der Waals surface area contributed by atoms with E-state index < -0.39 is 5.60 Å². The molecule has 2 atom stereocenters. The first-order chi connectivity index (χ1) is 11.3. The zero-order chi connectivity index (χ0) is 18.2. The minimum Gasteiger partial charge on any atom is -0.393 e. The molecule has 0 saturated carbocycles. The number of Topliss-reactive ketones (excluding diaryl/α,β-unsaturated/α-hetero) is 1. The van der Waals surface area contributed by atoms with Crippen LogP contribution in [0, 0.1) is 0 Å². The Hall–Kier alpha value is -1.23. The highest BCUT2D eigenvalue weighted by atomic mass is 16.6. The van der Waals surface area contributed by atoms with E-state index in [1.54, 1.807) is 6.08 Å². The van der Waals surface area contributed by atoms with E-state index in [4.69, 9.17) is 9.84 Å². The molecular formula is C20H32O4. The van der Waals surface area contributed by atoms with Gasteiger partial charge in [0.05, 0.1) is 19.3 Å². The van der Waals surface area contributed by atoms with Gasteiger partial charge < -0.3 is 14.9 Å². The van der Waals surface area contributed by atoms with E-state index >= 15 is 0 Å². The van der Waals surface area contributed by atoms with Crippen LogP contribution in [0.1, 0.15) is 59.8 Å². The van der Waals surface area contributed by atoms with Crippen LogP contribution in [0.15, 0.2) is 34.9 Å². The lowest BCUT2D eigenvalue weighted by Gasteiger charge is -2.08. The summed E-state index contributed by atoms with van der Waals surface area (Å²) in [4.78, 5) is 12.0. The van der Waals surface area contributed by atoms with Gasteiger partial charge in [0.15, 0.2) is 5.78 Å². The molecule has 1 rings (SSSR count). The molecule has 2 N–H and O–H groups in total. The molecule has 4 heteroatoms. The molecule has 0 aromatic carbocycles. The molecular weight excluding hydrogens is 304 g/mol. The number of carbonyl (C=O) groups is 1. The average molecular weight is 336 g/mol. The highest BCUT2D eigenvalue weighted by Crippen LogP contribution is 2.43. The van der Waals surface area contributed by atoms with Gasteiger partial charge >= 0.3 is 0 Å². The molecule has 0 aromatic rings. The van der Waals surface area contributed by atoms with Crippen LogP contribution in [-0.4, -0.2) is 40.9 Å². The van der Waals surface area contributed by atoms with E-state index in [2.05, 4.69) is 0 Å². The normalized spacial score (nSPS) is 24.0. The Kier molecular flexibility index (Phi) is 8.60. The Morgan fingerprint density at radius 3 is 2.42 bits per heavy atom. The quantitative estimate of drug-likeness (QED) is 0.344. The third kappa shape index (κ3) is 6.71. The van der Waals surface area contributed by atoms with E-state index in [1.165, 1.54) is 0 Å². The molecule has 1 saturated heterocycles. The third-order valence-corrected chi connectivity index (χ3v) is 4.57. The van der Waals surface area contributed by atoms with Crippen molar-refractivity contribution in [1.82, 2.24) is 0 Å². The summed E-state index contributed by atoms with van der Waals surface area (Å²) in [7, 11) is 0. The molecule has 1 heterocycles. The number of hydrogen-bond donors (Lipinski definition) is 2. The first-order valence-electron chi connectivity index (χ1n) is 8.73. The van der Waals surface area contributed by atoms with Crippen LogP contribution < -0.4 is 0 Å². The monoisotopic (exact) mass is 336 g/mol. The van der Waals surface area contributed by atoms with Crippen LogP contribution in [0.3, 0.4) is 0 Å². The summed E-state index contributed by atoms with van der Waals surface area (Å²) in [5.74, 6) is 0.146. The van der Waals surface area contributed by atoms with Crippen molar-refractivity contribution in [3.63, 3.8) is 0 Å². The zero-order valence-corrected chi connectivity index (χ0v) is 15.5. The van der Waals surface area contributed by atoms with Crippen LogP contribution in [0.25, 0.3) is 0 Å². The zero-order valence-electron chi connectivity index (χ0n) is 15.5. The van der Waals surface area contributed by atoms with Gasteiger partial charge in [-0.1, -0.05) is 29.4 Å². The molecule has 1 aliphatic heterocycles. The van der Waals surface area contributed by atoms with Crippen LogP contribution in [-0.2, 0) is 9.53 Å². The van der Waals surface area contributed by atoms with Gasteiger partial charge in [-0.05, 0) is 59.0 Å². The standard InChI is InChI=1S/C20H32O4/c1-15(2)7-9-18(23)17(4)6-5-12-20(14-22)19(24-20)10-8-16(3)11-13-21/h6-7,11,19,21-22H,5,8-10,12-14H2,1-4H3. The number of allylic oxidation sites excluding steroid dienone is 5. The van der Waals surface area contributed by atoms with Crippen LogP contribution in [0.4, 0.5) is 0 Å². The van der Waals surface area contributed by atoms with Gasteiger partial charge in [-0.3, -0.25) is 4.79 Å². The van der Waals surface area contributed by atoms with Crippen molar-refractivity contribution in [3.8, 4) is 0 Å². The molecule has 1 fully saturated rings. The van der Waals surface area contributed by atoms with E-state index in [9.17, 15) is 9.90 Å². The number of ketones is 1. The van der Waals surface area contributed by atoms with Crippen LogP contribution in [0.2, 0.25) is 0 Å². The molecule has 1 aliphatic rings. The maximum absolute atomic E-state index is 12.0. The lowest BCUT2D eigenvalue weighted by atomic mass is 9.95. The molecule has 4 nitrogen and oxygen atoms in total. The van der Waals surface area contributed by atoms with Crippen molar-refractivity contribution in [2.24, 2.45) is 0 Å². The summed E-state index contributed by atoms with van der Waals surface area (Å²) in [6.45, 7) is 7.88. The predicted molar refractivity (Wildman–Crippen MR) is 96.8 cm³/mol. The van der Waals surface area contributed by atoms with Crippen molar-refractivity contribution in [2.45, 2.75) is 71.5 Å². The highest BCUT2D eigenvalue weighted by molar-refractivity contribution is 5.95. The Morgan fingerprint density at radius 1 is 1.12 bits per heavy atom. The van der Waals surface area contributed by atoms with Crippen molar-refractivity contribution in [3.05, 3.63) is 34.9 Å². The largest absolute Gasteiger partial charge is 0.393 e. The van der Waals surface area contributed by atoms with Crippen LogP contribution >= 0.6 is 0 Å². The molecule has 24 heavy (non-hydrogen) atoms. The molecule has 0 radical (unpaired) electrons. The predicted octanol–water partition coefficient (Wildman–Crippen LogP) is 3.49. The summed E-state index contributed by atoms with van der Waals surface area (Å²) >= 11 is 0. The lowest BCUT2D eigenvalue weighted by molar-refractivity contribution is -0.114. The Labute approximate surface area is 145 Å². The summed E-state index contributed by atoms with van der Waals surface area (Å²) in [5.41, 5.74) is 2.62. The second kappa shape index (κ2) is 9.92. The van der Waals surface area contributed by atoms with Crippen molar-refractivity contribution in [2.75, 3.05) is 13.2 Å². The number of aliphatic hydroxyl groups is 2. The van der Waals surface area contributed by atoms with Gasteiger partial charge in [-0.2, -0.15) is 0 Å². The first-order valence-corrected chi connectivity index (χ1v) is 8.73. The molecule has 0 bridgehead atoms. The fourth-order valence-electron chi connectivity index (χ4n) is 2.73. The van der Waals surface area contributed by atoms with Gasteiger partial charge in [-0.25, -0.2) is 0 Å². The Morgan fingerprint density at radius 2 is 1.83 bits per heavy atom. The molecule has 2 unspecified atom stereocenters. The van der Waals surface area contributed by atoms with E-state index in [0.717, 1.165) is 42.4 Å². The third-order valence-electron chi connectivity index (χ3n) is 4.57. The molecule has 0 amide bonds. The topological polar surface area (TPSA) is 70.1 Å². The number of hydrogen-bond acceptors (Lipinski definition) is 4. The molecule has 136 valence electrons. The average Bonchev–Trinajstić information content (AvgIpc) is 3.24. The van der Waals surface area contributed by atoms with E-state index in [0.29, 0.717) is 6.42 Å². The SMILES string of the molecule is CC(C)=CCC(=O)C(C)=CCCC1(CO)OC1CCC(C)=CCO. The summed E-state index contributed by atoms with van der Waals surface area (Å²) in [6.07, 6.45) is 9.39. The smallest absolute Gasteiger partial charge is 0.162 e. The Balaban J connectivity index is 2.42. The van der Waals surface area contributed by atoms with Crippen molar-refractivity contribution >= 4 is 5.78 Å². The fourth-order valence-corrected chi connectivity index (χ4v) is 2.73. The Bertz CT molecular complexity index is 512. The van der Waals surface area contributed by atoms with Gasteiger partial charge in [0, 0.05) is 6.42 Å². The van der Waals surface area contributed by atoms with Crippen molar-refractivity contribution < 1.29 is 19.7 Å². The number of ether oxygens (including phenoxy) is 1. The van der Waals surface area contributed by atoms with E-state index in [-0.39, 0.29) is 25.1 Å². The van der Waals surface area contributed by atoms with Crippen LogP contribution in [0.5, 0.6) is 0 Å². The van der Waals surface area contributed by atoms with E-state index in [1.807, 2.05) is 39.8 Å². The second-order valence-electron chi connectivity index (χ2n) is 6.94. The first kappa shape index (κ1) is 20.8. The number of epoxide rings is 1. The summed E-state index contributed by atoms with van der Waals surface area (Å²) in [6, 6.07) is 0.